The van der Waals surface area contributed by atoms with E-state index in [1.165, 1.54) is 11.3 Å². The van der Waals surface area contributed by atoms with Gasteiger partial charge in [0.2, 0.25) is 10.0 Å². The average Bonchev–Trinajstić information content (AvgIpc) is 2.86. The molecule has 1 heterocycles. The van der Waals surface area contributed by atoms with Crippen LogP contribution in [0.2, 0.25) is 0 Å². The second-order valence-corrected chi connectivity index (χ2v) is 8.22. The molecule has 22 heavy (non-hydrogen) atoms. The molecule has 0 fully saturated rings. The minimum atomic E-state index is -3.63. The van der Waals surface area contributed by atoms with Crippen molar-refractivity contribution in [3.8, 4) is 0 Å². The summed E-state index contributed by atoms with van der Waals surface area (Å²) in [6, 6.07) is 5.45. The third-order valence-electron chi connectivity index (χ3n) is 3.75. The SMILES string of the molecule is Cc1cc(C)c(S(=O)(=O)NCC(O)c2sccc2C)cc1C. The first-order valence-electron chi connectivity index (χ1n) is 7.02. The summed E-state index contributed by atoms with van der Waals surface area (Å²) in [4.78, 5) is 1.06. The van der Waals surface area contributed by atoms with E-state index < -0.39 is 16.1 Å². The zero-order valence-corrected chi connectivity index (χ0v) is 14.8. The molecule has 2 N–H and O–H groups in total. The van der Waals surface area contributed by atoms with E-state index in [-0.39, 0.29) is 11.4 Å². The molecule has 0 aliphatic rings. The largest absolute Gasteiger partial charge is 0.386 e. The van der Waals surface area contributed by atoms with Crippen LogP contribution in [0.5, 0.6) is 0 Å². The van der Waals surface area contributed by atoms with Crippen molar-refractivity contribution in [1.29, 1.82) is 0 Å². The zero-order valence-electron chi connectivity index (χ0n) is 13.2. The Morgan fingerprint density at radius 1 is 1.09 bits per heavy atom. The van der Waals surface area contributed by atoms with E-state index in [4.69, 9.17) is 0 Å². The molecule has 6 heteroatoms. The molecule has 0 amide bonds. The van der Waals surface area contributed by atoms with Gasteiger partial charge in [-0.2, -0.15) is 0 Å². The Balaban J connectivity index is 2.19. The number of hydrogen-bond acceptors (Lipinski definition) is 4. The molecule has 0 spiro atoms. The average molecular weight is 339 g/mol. The van der Waals surface area contributed by atoms with Crippen molar-refractivity contribution in [1.82, 2.24) is 4.72 Å². The molecule has 1 aromatic heterocycles. The maximum absolute atomic E-state index is 12.5. The molecule has 4 nitrogen and oxygen atoms in total. The van der Waals surface area contributed by atoms with Gasteiger partial charge < -0.3 is 5.11 Å². The van der Waals surface area contributed by atoms with Gasteiger partial charge in [-0.25, -0.2) is 13.1 Å². The summed E-state index contributed by atoms with van der Waals surface area (Å²) >= 11 is 1.43. The lowest BCUT2D eigenvalue weighted by molar-refractivity contribution is 0.185. The number of rotatable bonds is 5. The van der Waals surface area contributed by atoms with Gasteiger partial charge in [-0.15, -0.1) is 11.3 Å². The first-order chi connectivity index (χ1) is 10.2. The maximum Gasteiger partial charge on any atom is 0.240 e. The van der Waals surface area contributed by atoms with Crippen LogP contribution in [-0.4, -0.2) is 20.1 Å². The lowest BCUT2D eigenvalue weighted by Gasteiger charge is -2.14. The van der Waals surface area contributed by atoms with Crippen molar-refractivity contribution in [2.45, 2.75) is 38.7 Å². The lowest BCUT2D eigenvalue weighted by atomic mass is 10.1. The van der Waals surface area contributed by atoms with Gasteiger partial charge in [0, 0.05) is 11.4 Å². The predicted molar refractivity (Wildman–Crippen MR) is 89.9 cm³/mol. The lowest BCUT2D eigenvalue weighted by Crippen LogP contribution is -2.29. The summed E-state index contributed by atoms with van der Waals surface area (Å²) in [5.41, 5.74) is 3.67. The molecule has 1 aromatic carbocycles. The maximum atomic E-state index is 12.5. The van der Waals surface area contributed by atoms with Crippen LogP contribution in [0.1, 0.15) is 33.2 Å². The summed E-state index contributed by atoms with van der Waals surface area (Å²) in [5, 5.41) is 12.0. The predicted octanol–water partition coefficient (Wildman–Crippen LogP) is 2.99. The molecule has 2 aromatic rings. The van der Waals surface area contributed by atoms with Gasteiger partial charge in [0.15, 0.2) is 0 Å². The van der Waals surface area contributed by atoms with Crippen molar-refractivity contribution in [3.05, 3.63) is 50.7 Å². The minimum Gasteiger partial charge on any atom is -0.386 e. The highest BCUT2D eigenvalue weighted by molar-refractivity contribution is 7.89. The molecule has 0 bridgehead atoms. The number of sulfonamides is 1. The second-order valence-electron chi connectivity index (χ2n) is 5.54. The molecule has 0 aliphatic carbocycles. The quantitative estimate of drug-likeness (QED) is 0.880. The van der Waals surface area contributed by atoms with E-state index in [1.807, 2.05) is 38.3 Å². The van der Waals surface area contributed by atoms with Crippen LogP contribution in [0.25, 0.3) is 0 Å². The van der Waals surface area contributed by atoms with Crippen molar-refractivity contribution in [2.75, 3.05) is 6.54 Å². The number of hydrogen-bond donors (Lipinski definition) is 2. The first kappa shape index (κ1) is 17.1. The highest BCUT2D eigenvalue weighted by Gasteiger charge is 2.20. The Hall–Kier alpha value is -1.21. The third-order valence-corrected chi connectivity index (χ3v) is 6.44. The van der Waals surface area contributed by atoms with Gasteiger partial charge >= 0.3 is 0 Å². The van der Waals surface area contributed by atoms with Crippen LogP contribution in [-0.2, 0) is 10.0 Å². The molecular weight excluding hydrogens is 318 g/mol. The smallest absolute Gasteiger partial charge is 0.240 e. The van der Waals surface area contributed by atoms with Gasteiger partial charge in [0.25, 0.3) is 0 Å². The molecule has 0 aliphatic heterocycles. The van der Waals surface area contributed by atoms with E-state index >= 15 is 0 Å². The number of aliphatic hydroxyl groups excluding tert-OH is 1. The van der Waals surface area contributed by atoms with E-state index in [2.05, 4.69) is 4.72 Å². The van der Waals surface area contributed by atoms with E-state index in [9.17, 15) is 13.5 Å². The Bertz CT molecular complexity index is 779. The standard InChI is InChI=1S/C16H21NO3S2/c1-10-5-6-21-16(10)14(18)9-17-22(19,20)15-8-12(3)11(2)7-13(15)4/h5-8,14,17-18H,9H2,1-4H3. The van der Waals surface area contributed by atoms with Crippen LogP contribution in [0, 0.1) is 27.7 Å². The zero-order chi connectivity index (χ0) is 16.5. The fourth-order valence-corrected chi connectivity index (χ4v) is 4.57. The number of aryl methyl sites for hydroxylation is 4. The number of aliphatic hydroxyl groups is 1. The highest BCUT2D eigenvalue weighted by Crippen LogP contribution is 2.24. The van der Waals surface area contributed by atoms with Crippen molar-refractivity contribution >= 4 is 21.4 Å². The number of thiophene rings is 1. The summed E-state index contributed by atoms with van der Waals surface area (Å²) in [6.45, 7) is 7.49. The van der Waals surface area contributed by atoms with Crippen molar-refractivity contribution in [2.24, 2.45) is 0 Å². The Morgan fingerprint density at radius 2 is 1.73 bits per heavy atom. The van der Waals surface area contributed by atoms with Crippen LogP contribution in [0.4, 0.5) is 0 Å². The summed E-state index contributed by atoms with van der Waals surface area (Å²) < 4.78 is 27.4. The van der Waals surface area contributed by atoms with E-state index in [0.717, 1.165) is 21.6 Å². The topological polar surface area (TPSA) is 66.4 Å². The molecule has 1 unspecified atom stereocenters. The monoisotopic (exact) mass is 339 g/mol. The molecule has 2 rings (SSSR count). The molecule has 1 atom stereocenters. The summed E-state index contributed by atoms with van der Waals surface area (Å²) in [6.07, 6.45) is -0.832. The van der Waals surface area contributed by atoms with E-state index in [0.29, 0.717) is 5.56 Å². The highest BCUT2D eigenvalue weighted by atomic mass is 32.2. The molecule has 0 saturated heterocycles. The van der Waals surface area contributed by atoms with Gasteiger partial charge in [-0.05, 0) is 67.5 Å². The number of benzene rings is 1. The molecule has 120 valence electrons. The fraction of sp³-hybridized carbons (Fsp3) is 0.375. The van der Waals surface area contributed by atoms with Gasteiger partial charge in [0.1, 0.15) is 6.10 Å². The van der Waals surface area contributed by atoms with Crippen LogP contribution < -0.4 is 4.72 Å². The van der Waals surface area contributed by atoms with Gasteiger partial charge in [0.05, 0.1) is 4.90 Å². The van der Waals surface area contributed by atoms with Crippen LogP contribution in [0.3, 0.4) is 0 Å². The van der Waals surface area contributed by atoms with Crippen molar-refractivity contribution < 1.29 is 13.5 Å². The first-order valence-corrected chi connectivity index (χ1v) is 9.38. The Labute approximate surface area is 135 Å². The Morgan fingerprint density at radius 3 is 2.32 bits per heavy atom. The molecule has 0 saturated carbocycles. The second kappa shape index (κ2) is 6.50. The Kier molecular flexibility index (Phi) is 5.07. The van der Waals surface area contributed by atoms with E-state index in [1.54, 1.807) is 13.0 Å². The minimum absolute atomic E-state index is 0.0317. The summed E-state index contributed by atoms with van der Waals surface area (Å²) in [5.74, 6) is 0. The van der Waals surface area contributed by atoms with Crippen LogP contribution >= 0.6 is 11.3 Å². The van der Waals surface area contributed by atoms with Gasteiger partial charge in [-0.1, -0.05) is 6.07 Å². The molecule has 0 radical (unpaired) electrons. The normalized spacial score (nSPS) is 13.3. The third kappa shape index (κ3) is 3.57. The van der Waals surface area contributed by atoms with Gasteiger partial charge in [-0.3, -0.25) is 0 Å². The van der Waals surface area contributed by atoms with Crippen LogP contribution in [0.15, 0.2) is 28.5 Å². The van der Waals surface area contributed by atoms with Crippen molar-refractivity contribution in [3.63, 3.8) is 0 Å². The summed E-state index contributed by atoms with van der Waals surface area (Å²) in [7, 11) is -3.63. The fourth-order valence-electron chi connectivity index (χ4n) is 2.31. The molecular formula is C16H21NO3S2. The number of nitrogens with one attached hydrogen (secondary N) is 1.